The van der Waals surface area contributed by atoms with Crippen LogP contribution in [0.1, 0.15) is 106 Å². The molecule has 4 nitrogen and oxygen atoms in total. The Labute approximate surface area is 262 Å². The Morgan fingerprint density at radius 3 is 2.41 bits per heavy atom. The number of halogens is 5. The summed E-state index contributed by atoms with van der Waals surface area (Å²) in [7, 11) is 2.04. The summed E-state index contributed by atoms with van der Waals surface area (Å²) in [5.41, 5.74) is 1.89. The average Bonchev–Trinajstić information content (AvgIpc) is 3.74. The van der Waals surface area contributed by atoms with Crippen molar-refractivity contribution in [3.63, 3.8) is 0 Å². The number of carbonyl (C=O) groups excluding carboxylic acids is 1. The summed E-state index contributed by atoms with van der Waals surface area (Å²) in [6, 6.07) is 5.32. The molecule has 0 aliphatic heterocycles. The maximum Gasteiger partial charge on any atom is 0.453 e. The van der Waals surface area contributed by atoms with Crippen LogP contribution in [0.2, 0.25) is 0 Å². The molecule has 3 saturated carbocycles. The fourth-order valence-electron chi connectivity index (χ4n) is 9.27. The minimum Gasteiger partial charge on any atom is -0.508 e. The zero-order valence-corrected chi connectivity index (χ0v) is 26.8. The lowest BCUT2D eigenvalue weighted by molar-refractivity contribution is -0.284. The summed E-state index contributed by atoms with van der Waals surface area (Å²) < 4.78 is 62.7. The van der Waals surface area contributed by atoms with E-state index in [1.165, 1.54) is 11.8 Å². The summed E-state index contributed by atoms with van der Waals surface area (Å²) in [5, 5.41) is 21.4. The number of benzene rings is 1. The highest BCUT2D eigenvalue weighted by molar-refractivity contribution is 7.99. The molecule has 6 atom stereocenters. The zero-order chi connectivity index (χ0) is 31.9. The number of aliphatic hydroxyl groups excluding tert-OH is 1. The first-order valence-electron chi connectivity index (χ1n) is 16.5. The smallest absolute Gasteiger partial charge is 0.453 e. The second-order valence-corrected chi connectivity index (χ2v) is 15.5. The molecule has 0 radical (unpaired) electrons. The number of Topliss-reactive ketones (excluding diaryl/α,β-unsaturated/α-hetero) is 1. The van der Waals surface area contributed by atoms with Gasteiger partial charge in [-0.15, -0.1) is 0 Å². The van der Waals surface area contributed by atoms with Crippen LogP contribution in [-0.4, -0.2) is 70.7 Å². The largest absolute Gasteiger partial charge is 0.508 e. The molecule has 2 N–H and O–H groups in total. The van der Waals surface area contributed by atoms with E-state index in [1.54, 1.807) is 12.1 Å². The lowest BCUT2D eigenvalue weighted by Gasteiger charge is -2.53. The van der Waals surface area contributed by atoms with Gasteiger partial charge in [-0.3, -0.25) is 4.79 Å². The predicted molar refractivity (Wildman–Crippen MR) is 163 cm³/mol. The summed E-state index contributed by atoms with van der Waals surface area (Å²) in [5.74, 6) is -2.54. The molecule has 4 aliphatic rings. The van der Waals surface area contributed by atoms with Gasteiger partial charge in [0.2, 0.25) is 0 Å². The minimum atomic E-state index is -5.47. The van der Waals surface area contributed by atoms with Gasteiger partial charge in [-0.25, -0.2) is 0 Å². The molecule has 3 fully saturated rings. The van der Waals surface area contributed by atoms with Crippen molar-refractivity contribution in [1.82, 2.24) is 4.90 Å². The Morgan fingerprint density at radius 1 is 1.00 bits per heavy atom. The molecule has 0 aromatic heterocycles. The molecule has 1 aromatic rings. The molecule has 0 saturated heterocycles. The number of unbranched alkanes of at least 4 members (excludes halogenated alkanes) is 2. The van der Waals surface area contributed by atoms with E-state index in [-0.39, 0.29) is 52.6 Å². The number of aromatic hydroxyl groups is 1. The van der Waals surface area contributed by atoms with E-state index in [9.17, 15) is 37.0 Å². The number of hydrogen-bond acceptors (Lipinski definition) is 5. The minimum absolute atomic E-state index is 0.0380. The van der Waals surface area contributed by atoms with E-state index in [2.05, 4.69) is 11.8 Å². The van der Waals surface area contributed by atoms with Gasteiger partial charge < -0.3 is 15.1 Å². The first-order chi connectivity index (χ1) is 20.7. The highest BCUT2D eigenvalue weighted by atomic mass is 32.2. The molecule has 248 valence electrons. The fraction of sp³-hybridized carbons (Fsp3) is 0.794. The summed E-state index contributed by atoms with van der Waals surface area (Å²) in [4.78, 5) is 16.2. The van der Waals surface area contributed by atoms with E-state index in [0.717, 1.165) is 88.6 Å². The number of phenols is 1. The van der Waals surface area contributed by atoms with Gasteiger partial charge >= 0.3 is 12.1 Å². The van der Waals surface area contributed by atoms with Crippen LogP contribution in [0, 0.1) is 28.6 Å². The second kappa shape index (κ2) is 13.0. The summed E-state index contributed by atoms with van der Waals surface area (Å²) in [6.07, 6.45) is 2.60. The summed E-state index contributed by atoms with van der Waals surface area (Å²) in [6.45, 7) is 4.12. The van der Waals surface area contributed by atoms with Gasteiger partial charge in [0.15, 0.2) is 5.78 Å². The van der Waals surface area contributed by atoms with Crippen molar-refractivity contribution >= 4 is 17.5 Å². The molecule has 4 aliphatic carbocycles. The topological polar surface area (TPSA) is 60.8 Å². The Morgan fingerprint density at radius 2 is 1.70 bits per heavy atom. The number of alkyl halides is 5. The number of fused-ring (bicyclic) bond motifs is 6. The standard InChI is InChI=1S/C34H48F5NO3S/c1-31-13-11-24-23-10-9-22(41)20-26(23)30(43)25(29(24)27(31)21-28(42)32(31)14-15-32)8-4-3-5-16-40(2)17-7-19-44-18-6-12-33(35,36)34(37,38)39/h9-10,20,24-25,27-29,41-42H,3-8,11-19,21H2,1-2H3/t24?,25-,27?,28+,29?,31-/m0/s1. The van der Waals surface area contributed by atoms with Gasteiger partial charge in [-0.05, 0) is 130 Å². The lowest BCUT2D eigenvalue weighted by atomic mass is 9.50. The van der Waals surface area contributed by atoms with E-state index in [1.807, 2.05) is 13.1 Å². The monoisotopic (exact) mass is 645 g/mol. The molecule has 0 heterocycles. The van der Waals surface area contributed by atoms with Crippen molar-refractivity contribution in [3.8, 4) is 5.75 Å². The van der Waals surface area contributed by atoms with Crippen molar-refractivity contribution in [2.75, 3.05) is 31.6 Å². The maximum atomic E-state index is 14.0. The number of hydrogen-bond donors (Lipinski definition) is 2. The molecule has 44 heavy (non-hydrogen) atoms. The van der Waals surface area contributed by atoms with E-state index in [0.29, 0.717) is 17.2 Å². The molecular weight excluding hydrogens is 597 g/mol. The third kappa shape index (κ3) is 6.42. The lowest BCUT2D eigenvalue weighted by Crippen LogP contribution is -2.48. The highest BCUT2D eigenvalue weighted by Gasteiger charge is 2.71. The van der Waals surface area contributed by atoms with Gasteiger partial charge in [0.05, 0.1) is 6.10 Å². The van der Waals surface area contributed by atoms with Gasteiger partial charge in [-0.2, -0.15) is 33.7 Å². The Balaban J connectivity index is 1.08. The van der Waals surface area contributed by atoms with Crippen LogP contribution < -0.4 is 0 Å². The molecule has 0 amide bonds. The SMILES string of the molecule is CN(CCCCC[C@@H]1C(=O)c2cc(O)ccc2C2CC[C@@]3(C)C(C[C@@H](O)C34CC4)C21)CCCSCCCC(F)(F)C(F)(F)F. The summed E-state index contributed by atoms with van der Waals surface area (Å²) >= 11 is 1.42. The molecule has 1 spiro atoms. The number of ketones is 1. The van der Waals surface area contributed by atoms with Crippen LogP contribution in [0.5, 0.6) is 5.75 Å². The van der Waals surface area contributed by atoms with Gasteiger partial charge in [0, 0.05) is 23.3 Å². The quantitative estimate of drug-likeness (QED) is 0.157. The Kier molecular flexibility index (Phi) is 10.0. The van der Waals surface area contributed by atoms with Crippen LogP contribution >= 0.6 is 11.8 Å². The van der Waals surface area contributed by atoms with Crippen molar-refractivity contribution in [2.24, 2.45) is 28.6 Å². The van der Waals surface area contributed by atoms with E-state index in [4.69, 9.17) is 0 Å². The van der Waals surface area contributed by atoms with Crippen molar-refractivity contribution < 1.29 is 37.0 Å². The molecule has 3 unspecified atom stereocenters. The maximum absolute atomic E-state index is 14.0. The van der Waals surface area contributed by atoms with Crippen molar-refractivity contribution in [3.05, 3.63) is 29.3 Å². The number of aliphatic hydroxyl groups is 1. The van der Waals surface area contributed by atoms with Crippen LogP contribution in [0.25, 0.3) is 0 Å². The number of phenolic OH excluding ortho intramolecular Hbond substituents is 1. The predicted octanol–water partition coefficient (Wildman–Crippen LogP) is 8.46. The first-order valence-corrected chi connectivity index (χ1v) is 17.6. The number of carbonyl (C=O) groups is 1. The van der Waals surface area contributed by atoms with E-state index >= 15 is 0 Å². The average molecular weight is 646 g/mol. The Bertz CT molecular complexity index is 1170. The fourth-order valence-corrected chi connectivity index (χ4v) is 10.2. The number of rotatable bonds is 14. The molecular formula is C34H48F5NO3S. The van der Waals surface area contributed by atoms with Crippen molar-refractivity contribution in [1.29, 1.82) is 0 Å². The third-order valence-corrected chi connectivity index (χ3v) is 13.0. The number of nitrogens with zero attached hydrogens (tertiary/aromatic N) is 1. The molecule has 0 bridgehead atoms. The van der Waals surface area contributed by atoms with Crippen LogP contribution in [0.15, 0.2) is 18.2 Å². The molecule has 1 aromatic carbocycles. The van der Waals surface area contributed by atoms with Crippen LogP contribution in [0.4, 0.5) is 22.0 Å². The Hall–Kier alpha value is -1.39. The van der Waals surface area contributed by atoms with Crippen LogP contribution in [0.3, 0.4) is 0 Å². The van der Waals surface area contributed by atoms with E-state index < -0.39 is 18.5 Å². The van der Waals surface area contributed by atoms with Crippen LogP contribution in [-0.2, 0) is 0 Å². The van der Waals surface area contributed by atoms with Gasteiger partial charge in [0.25, 0.3) is 0 Å². The van der Waals surface area contributed by atoms with Crippen molar-refractivity contribution in [2.45, 2.75) is 108 Å². The zero-order valence-electron chi connectivity index (χ0n) is 26.0. The third-order valence-electron chi connectivity index (χ3n) is 11.8. The highest BCUT2D eigenvalue weighted by Crippen LogP contribution is 2.76. The molecule has 10 heteroatoms. The van der Waals surface area contributed by atoms with Gasteiger partial charge in [-0.1, -0.05) is 25.8 Å². The second-order valence-electron chi connectivity index (χ2n) is 14.3. The van der Waals surface area contributed by atoms with Gasteiger partial charge in [0.1, 0.15) is 5.75 Å². The normalized spacial score (nSPS) is 30.8. The molecule has 5 rings (SSSR count). The number of thioether (sulfide) groups is 1. The first kappa shape index (κ1) is 34.0.